The largest absolute Gasteiger partial charge is 0.488 e. The van der Waals surface area contributed by atoms with Crippen LogP contribution in [0.4, 0.5) is 36.2 Å². The summed E-state index contributed by atoms with van der Waals surface area (Å²) in [6.45, 7) is 8.46. The Balaban J connectivity index is 1.39. The molecule has 1 aromatic heterocycles. The van der Waals surface area contributed by atoms with Crippen LogP contribution in [-0.2, 0) is 4.74 Å². The molecule has 2 aliphatic rings. The number of nitrogens with zero attached hydrogens (tertiary/aromatic N) is 5. The minimum atomic E-state index is -4.76. The van der Waals surface area contributed by atoms with Gasteiger partial charge in [0.15, 0.2) is 6.10 Å². The van der Waals surface area contributed by atoms with Gasteiger partial charge in [-0.1, -0.05) is 0 Å². The monoisotopic (exact) mass is 520 g/mol. The van der Waals surface area contributed by atoms with Crippen LogP contribution in [0.2, 0.25) is 0 Å². The van der Waals surface area contributed by atoms with E-state index in [1.54, 1.807) is 6.21 Å². The van der Waals surface area contributed by atoms with Crippen LogP contribution in [0.3, 0.4) is 0 Å². The van der Waals surface area contributed by atoms with Crippen molar-refractivity contribution in [1.82, 2.24) is 9.97 Å². The summed E-state index contributed by atoms with van der Waals surface area (Å²) in [6, 6.07) is 4.02. The zero-order valence-electron chi connectivity index (χ0n) is 20.6. The van der Waals surface area contributed by atoms with Gasteiger partial charge in [0.1, 0.15) is 11.4 Å². The van der Waals surface area contributed by atoms with Gasteiger partial charge in [0.2, 0.25) is 5.95 Å². The number of aromatic nitrogens is 2. The molecule has 12 heteroatoms. The van der Waals surface area contributed by atoms with E-state index < -0.39 is 17.8 Å². The fourth-order valence-electron chi connectivity index (χ4n) is 4.50. The van der Waals surface area contributed by atoms with Crippen molar-refractivity contribution in [2.45, 2.75) is 57.0 Å². The second-order valence-electron chi connectivity index (χ2n) is 8.98. The molecule has 2 heterocycles. The molecular weight excluding hydrogens is 489 g/mol. The molecule has 0 bridgehead atoms. The van der Waals surface area contributed by atoms with E-state index in [0.29, 0.717) is 30.3 Å². The SMILES string of the molecule is C=Nc1c(N=CC)cc(N2CCOCC2)cc1OC1CCC(Nc2ncc([C@@H](O)C(F)(F)F)cn2)CC1. The number of benzene rings is 1. The van der Waals surface area contributed by atoms with Crippen LogP contribution in [0.1, 0.15) is 44.3 Å². The van der Waals surface area contributed by atoms with E-state index in [4.69, 9.17) is 9.47 Å². The van der Waals surface area contributed by atoms with E-state index in [-0.39, 0.29) is 18.1 Å². The van der Waals surface area contributed by atoms with Crippen molar-refractivity contribution in [1.29, 1.82) is 0 Å². The van der Waals surface area contributed by atoms with Gasteiger partial charge in [-0.05, 0) is 45.4 Å². The molecule has 1 atom stereocenters. The van der Waals surface area contributed by atoms with Crippen LogP contribution in [0.5, 0.6) is 5.75 Å². The van der Waals surface area contributed by atoms with Crippen LogP contribution in [-0.4, -0.2) is 72.6 Å². The molecule has 2 aromatic rings. The molecule has 200 valence electrons. The van der Waals surface area contributed by atoms with Gasteiger partial charge in [-0.3, -0.25) is 9.98 Å². The Morgan fingerprint density at radius 2 is 1.86 bits per heavy atom. The first-order valence-corrected chi connectivity index (χ1v) is 12.2. The Morgan fingerprint density at radius 3 is 2.46 bits per heavy atom. The molecule has 1 aliphatic heterocycles. The Bertz CT molecular complexity index is 1080. The molecule has 0 radical (unpaired) electrons. The van der Waals surface area contributed by atoms with Crippen molar-refractivity contribution in [2.75, 3.05) is 36.5 Å². The Kier molecular flexibility index (Phi) is 8.59. The van der Waals surface area contributed by atoms with Crippen molar-refractivity contribution >= 4 is 35.9 Å². The molecule has 0 unspecified atom stereocenters. The van der Waals surface area contributed by atoms with E-state index >= 15 is 0 Å². The Labute approximate surface area is 213 Å². The Morgan fingerprint density at radius 1 is 1.19 bits per heavy atom. The lowest BCUT2D eigenvalue weighted by atomic mass is 9.93. The third kappa shape index (κ3) is 6.75. The van der Waals surface area contributed by atoms with Crippen LogP contribution < -0.4 is 15.0 Å². The first kappa shape index (κ1) is 26.8. The number of aliphatic imine (C=N–C) groups is 2. The number of rotatable bonds is 8. The number of anilines is 2. The molecule has 37 heavy (non-hydrogen) atoms. The minimum Gasteiger partial charge on any atom is -0.488 e. The summed E-state index contributed by atoms with van der Waals surface area (Å²) in [5.41, 5.74) is 1.90. The fourth-order valence-corrected chi connectivity index (χ4v) is 4.50. The van der Waals surface area contributed by atoms with Crippen LogP contribution in [0.25, 0.3) is 0 Å². The third-order valence-corrected chi connectivity index (χ3v) is 6.44. The molecule has 9 nitrogen and oxygen atoms in total. The predicted molar refractivity (Wildman–Crippen MR) is 136 cm³/mol. The van der Waals surface area contributed by atoms with Gasteiger partial charge >= 0.3 is 6.18 Å². The lowest BCUT2D eigenvalue weighted by Crippen LogP contribution is -2.36. The zero-order chi connectivity index (χ0) is 26.4. The highest BCUT2D eigenvalue weighted by molar-refractivity contribution is 5.80. The summed E-state index contributed by atoms with van der Waals surface area (Å²) in [4.78, 5) is 18.8. The minimum absolute atomic E-state index is 0.0397. The maximum Gasteiger partial charge on any atom is 0.418 e. The van der Waals surface area contributed by atoms with Gasteiger partial charge in [0.05, 0.1) is 25.0 Å². The predicted octanol–water partition coefficient (Wildman–Crippen LogP) is 4.77. The van der Waals surface area contributed by atoms with E-state index in [1.165, 1.54) is 0 Å². The zero-order valence-corrected chi connectivity index (χ0v) is 20.6. The van der Waals surface area contributed by atoms with E-state index in [1.807, 2.05) is 19.1 Å². The van der Waals surface area contributed by atoms with Crippen LogP contribution in [0.15, 0.2) is 34.5 Å². The van der Waals surface area contributed by atoms with Crippen LogP contribution >= 0.6 is 0 Å². The van der Waals surface area contributed by atoms with Gasteiger partial charge in [0, 0.05) is 55.1 Å². The second-order valence-corrected chi connectivity index (χ2v) is 8.98. The maximum atomic E-state index is 12.7. The quantitative estimate of drug-likeness (QED) is 0.484. The standard InChI is InChI=1S/C25H31F3N6O3/c1-3-30-20-12-18(34-8-10-36-11-9-34)13-21(22(20)29-2)37-19-6-4-17(5-7-19)33-24-31-14-16(15-32-24)23(35)25(26,27)28/h3,12-15,17,19,23,35H,2,4-11H2,1H3,(H,31,32,33)/t17?,19?,23-/m1/s1. The number of ether oxygens (including phenoxy) is 2. The molecule has 0 spiro atoms. The van der Waals surface area contributed by atoms with E-state index in [9.17, 15) is 18.3 Å². The number of nitrogens with one attached hydrogen (secondary N) is 1. The van der Waals surface area contributed by atoms with Crippen molar-refractivity contribution in [3.63, 3.8) is 0 Å². The van der Waals surface area contributed by atoms with E-state index in [0.717, 1.165) is 56.9 Å². The van der Waals surface area contributed by atoms with Crippen molar-refractivity contribution in [2.24, 2.45) is 9.98 Å². The average Bonchev–Trinajstić information content (AvgIpc) is 2.90. The molecule has 2 N–H and O–H groups in total. The summed E-state index contributed by atoms with van der Waals surface area (Å²) in [7, 11) is 0. The highest BCUT2D eigenvalue weighted by atomic mass is 19.4. The summed E-state index contributed by atoms with van der Waals surface area (Å²) in [5, 5.41) is 12.5. The maximum absolute atomic E-state index is 12.7. The molecule has 2 fully saturated rings. The second kappa shape index (κ2) is 11.9. The third-order valence-electron chi connectivity index (χ3n) is 6.44. The van der Waals surface area contributed by atoms with Gasteiger partial charge in [-0.2, -0.15) is 13.2 Å². The van der Waals surface area contributed by atoms with Crippen LogP contribution in [0, 0.1) is 0 Å². The molecule has 1 aliphatic carbocycles. The smallest absolute Gasteiger partial charge is 0.418 e. The highest BCUT2D eigenvalue weighted by Crippen LogP contribution is 2.43. The number of morpholine rings is 1. The molecule has 0 amide bonds. The van der Waals surface area contributed by atoms with Crippen molar-refractivity contribution in [3.8, 4) is 5.75 Å². The van der Waals surface area contributed by atoms with Gasteiger partial charge in [0.25, 0.3) is 0 Å². The molecule has 1 saturated carbocycles. The molecule has 1 saturated heterocycles. The normalized spacial score (nSPS) is 21.6. The summed E-state index contributed by atoms with van der Waals surface area (Å²) in [6.07, 6.45) is -0.665. The number of hydrogen-bond donors (Lipinski definition) is 2. The van der Waals surface area contributed by atoms with E-state index in [2.05, 4.69) is 36.9 Å². The first-order chi connectivity index (χ1) is 17.8. The number of alkyl halides is 3. The number of halogens is 3. The summed E-state index contributed by atoms with van der Waals surface area (Å²) in [5.74, 6) is 0.860. The number of hydrogen-bond acceptors (Lipinski definition) is 9. The van der Waals surface area contributed by atoms with Gasteiger partial charge < -0.3 is 24.8 Å². The van der Waals surface area contributed by atoms with Crippen molar-refractivity contribution in [3.05, 3.63) is 30.1 Å². The lowest BCUT2D eigenvalue weighted by Gasteiger charge is -2.32. The summed E-state index contributed by atoms with van der Waals surface area (Å²) < 4.78 is 49.9. The molecule has 4 rings (SSSR count). The lowest BCUT2D eigenvalue weighted by molar-refractivity contribution is -0.206. The van der Waals surface area contributed by atoms with Gasteiger partial charge in [-0.15, -0.1) is 0 Å². The fraction of sp³-hybridized carbons (Fsp3) is 0.520. The highest BCUT2D eigenvalue weighted by Gasteiger charge is 2.39. The molecular formula is C25H31F3N6O3. The molecule has 1 aromatic carbocycles. The Hall–Kier alpha value is -3.25. The topological polar surface area (TPSA) is 104 Å². The summed E-state index contributed by atoms with van der Waals surface area (Å²) >= 11 is 0. The van der Waals surface area contributed by atoms with Gasteiger partial charge in [-0.25, -0.2) is 9.97 Å². The first-order valence-electron chi connectivity index (χ1n) is 12.2. The average molecular weight is 521 g/mol. The number of aliphatic hydroxyl groups is 1. The van der Waals surface area contributed by atoms with Crippen molar-refractivity contribution < 1.29 is 27.8 Å². The number of aliphatic hydroxyl groups excluding tert-OH is 1.